The molecule has 0 saturated heterocycles. The van der Waals surface area contributed by atoms with E-state index in [-0.39, 0.29) is 5.78 Å². The molecular formula is C12H18O3. The summed E-state index contributed by atoms with van der Waals surface area (Å²) in [6.07, 6.45) is 0. The number of hydrogen-bond acceptors (Lipinski definition) is 3. The zero-order valence-electron chi connectivity index (χ0n) is 9.65. The van der Waals surface area contributed by atoms with Crippen LogP contribution in [0.4, 0.5) is 0 Å². The number of hydrogen-bond donors (Lipinski definition) is 1. The van der Waals surface area contributed by atoms with Crippen molar-refractivity contribution in [1.29, 1.82) is 0 Å². The Morgan fingerprint density at radius 3 is 1.87 bits per heavy atom. The molecule has 0 atom stereocenters. The molecule has 0 aliphatic rings. The van der Waals surface area contributed by atoms with Gasteiger partial charge < -0.3 is 9.68 Å². The summed E-state index contributed by atoms with van der Waals surface area (Å²) in [5.74, 6) is 1.16. The van der Waals surface area contributed by atoms with Gasteiger partial charge in [-0.2, -0.15) is 0 Å². The molecule has 0 aromatic heterocycles. The molecule has 0 fully saturated rings. The van der Waals surface area contributed by atoms with Gasteiger partial charge in [0.05, 0.1) is 0 Å². The standard InChI is InChI=1S/C9H12O2.C3H6O/c1-7(2)8-3-5-9(11-10)6-4-8;1-3(2)4/h3-7,10H,1-2H3;1-2H3. The lowest BCUT2D eigenvalue weighted by Crippen LogP contribution is -1.87. The van der Waals surface area contributed by atoms with Gasteiger partial charge in [-0.05, 0) is 37.5 Å². The molecule has 0 amide bonds. The molecule has 0 heterocycles. The molecule has 3 heteroatoms. The van der Waals surface area contributed by atoms with E-state index in [2.05, 4.69) is 18.7 Å². The highest BCUT2D eigenvalue weighted by Gasteiger charge is 1.98. The lowest BCUT2D eigenvalue weighted by molar-refractivity contribution is -0.137. The average molecular weight is 210 g/mol. The molecule has 0 aliphatic carbocycles. The fourth-order valence-electron chi connectivity index (χ4n) is 0.914. The van der Waals surface area contributed by atoms with Gasteiger partial charge in [-0.15, -0.1) is 0 Å². The Morgan fingerprint density at radius 2 is 1.60 bits per heavy atom. The van der Waals surface area contributed by atoms with Crippen molar-refractivity contribution >= 4 is 5.78 Å². The third-order valence-corrected chi connectivity index (χ3v) is 1.65. The maximum atomic E-state index is 9.44. The highest BCUT2D eigenvalue weighted by atomic mass is 17.1. The van der Waals surface area contributed by atoms with Crippen LogP contribution in [0.25, 0.3) is 0 Å². The highest BCUT2D eigenvalue weighted by molar-refractivity contribution is 5.72. The molecule has 1 rings (SSSR count). The first-order valence-corrected chi connectivity index (χ1v) is 4.86. The van der Waals surface area contributed by atoms with Crippen LogP contribution in [0.1, 0.15) is 39.2 Å². The Kier molecular flexibility index (Phi) is 6.38. The van der Waals surface area contributed by atoms with E-state index in [1.165, 1.54) is 19.4 Å². The van der Waals surface area contributed by atoms with Crippen molar-refractivity contribution in [2.24, 2.45) is 0 Å². The second-order valence-electron chi connectivity index (χ2n) is 3.72. The maximum Gasteiger partial charge on any atom is 0.165 e. The first-order chi connectivity index (χ1) is 6.97. The second kappa shape index (κ2) is 7.01. The van der Waals surface area contributed by atoms with E-state index in [0.717, 1.165) is 0 Å². The summed E-state index contributed by atoms with van der Waals surface area (Å²) in [4.78, 5) is 13.5. The third kappa shape index (κ3) is 6.69. The molecule has 84 valence electrons. The Morgan fingerprint density at radius 1 is 1.20 bits per heavy atom. The summed E-state index contributed by atoms with van der Waals surface area (Å²) in [6, 6.07) is 7.37. The van der Waals surface area contributed by atoms with Crippen molar-refractivity contribution in [2.45, 2.75) is 33.6 Å². The molecule has 0 aliphatic heterocycles. The number of benzene rings is 1. The predicted molar refractivity (Wildman–Crippen MR) is 60.1 cm³/mol. The third-order valence-electron chi connectivity index (χ3n) is 1.65. The molecule has 0 bridgehead atoms. The highest BCUT2D eigenvalue weighted by Crippen LogP contribution is 2.17. The van der Waals surface area contributed by atoms with Gasteiger partial charge in [-0.25, -0.2) is 5.26 Å². The average Bonchev–Trinajstić information content (AvgIpc) is 2.17. The van der Waals surface area contributed by atoms with Crippen molar-refractivity contribution in [3.63, 3.8) is 0 Å². The minimum Gasteiger partial charge on any atom is -0.340 e. The largest absolute Gasteiger partial charge is 0.340 e. The number of Topliss-reactive ketones (excluding diaryl/α,β-unsaturated/α-hetero) is 1. The summed E-state index contributed by atoms with van der Waals surface area (Å²) < 4.78 is 0. The monoisotopic (exact) mass is 210 g/mol. The van der Waals surface area contributed by atoms with Gasteiger partial charge >= 0.3 is 0 Å². The van der Waals surface area contributed by atoms with Crippen LogP contribution in [-0.4, -0.2) is 11.0 Å². The van der Waals surface area contributed by atoms with E-state index >= 15 is 0 Å². The Balaban J connectivity index is 0.000000423. The van der Waals surface area contributed by atoms with E-state index in [0.29, 0.717) is 11.7 Å². The SMILES string of the molecule is CC(C)=O.CC(C)c1ccc(OO)cc1. The number of rotatable bonds is 2. The van der Waals surface area contributed by atoms with Gasteiger partial charge in [0, 0.05) is 0 Å². The van der Waals surface area contributed by atoms with Crippen LogP contribution in [0.2, 0.25) is 0 Å². The number of carbonyl (C=O) groups excluding carboxylic acids is 1. The van der Waals surface area contributed by atoms with Gasteiger partial charge in [0.1, 0.15) is 5.78 Å². The van der Waals surface area contributed by atoms with Crippen molar-refractivity contribution < 1.29 is 14.9 Å². The molecule has 1 N–H and O–H groups in total. The van der Waals surface area contributed by atoms with Crippen LogP contribution in [0.5, 0.6) is 5.75 Å². The van der Waals surface area contributed by atoms with Crippen LogP contribution >= 0.6 is 0 Å². The molecule has 0 radical (unpaired) electrons. The summed E-state index contributed by atoms with van der Waals surface area (Å²) >= 11 is 0. The topological polar surface area (TPSA) is 46.5 Å². The summed E-state index contributed by atoms with van der Waals surface area (Å²) in [5, 5.41) is 8.27. The summed E-state index contributed by atoms with van der Waals surface area (Å²) in [7, 11) is 0. The van der Waals surface area contributed by atoms with E-state index in [4.69, 9.17) is 5.26 Å². The quantitative estimate of drug-likeness (QED) is 0.602. The van der Waals surface area contributed by atoms with Crippen LogP contribution in [0.15, 0.2) is 24.3 Å². The molecule has 15 heavy (non-hydrogen) atoms. The van der Waals surface area contributed by atoms with E-state index in [1.807, 2.05) is 12.1 Å². The molecule has 1 aromatic carbocycles. The van der Waals surface area contributed by atoms with Crippen molar-refractivity contribution in [1.82, 2.24) is 0 Å². The van der Waals surface area contributed by atoms with Crippen molar-refractivity contribution in [3.8, 4) is 5.75 Å². The van der Waals surface area contributed by atoms with Crippen molar-refractivity contribution in [3.05, 3.63) is 29.8 Å². The van der Waals surface area contributed by atoms with Gasteiger partial charge in [0.15, 0.2) is 5.75 Å². The lowest BCUT2D eigenvalue weighted by Gasteiger charge is -2.04. The van der Waals surface area contributed by atoms with Crippen LogP contribution in [-0.2, 0) is 4.79 Å². The van der Waals surface area contributed by atoms with Gasteiger partial charge in [0.2, 0.25) is 0 Å². The predicted octanol–water partition coefficient (Wildman–Crippen LogP) is 3.26. The second-order valence-corrected chi connectivity index (χ2v) is 3.72. The number of carbonyl (C=O) groups is 1. The fraction of sp³-hybridized carbons (Fsp3) is 0.417. The van der Waals surface area contributed by atoms with E-state index < -0.39 is 0 Å². The van der Waals surface area contributed by atoms with Gasteiger partial charge in [-0.3, -0.25) is 0 Å². The minimum atomic E-state index is 0.167. The summed E-state index contributed by atoms with van der Waals surface area (Å²) in [6.45, 7) is 7.30. The minimum absolute atomic E-state index is 0.167. The van der Waals surface area contributed by atoms with Crippen LogP contribution in [0, 0.1) is 0 Å². The van der Waals surface area contributed by atoms with Crippen LogP contribution in [0.3, 0.4) is 0 Å². The molecule has 3 nitrogen and oxygen atoms in total. The molecule has 1 aromatic rings. The lowest BCUT2D eigenvalue weighted by atomic mass is 10.0. The first kappa shape index (κ1) is 13.7. The number of ketones is 1. The van der Waals surface area contributed by atoms with Gasteiger partial charge in [-0.1, -0.05) is 26.0 Å². The van der Waals surface area contributed by atoms with Crippen molar-refractivity contribution in [2.75, 3.05) is 0 Å². The smallest absolute Gasteiger partial charge is 0.165 e. The van der Waals surface area contributed by atoms with E-state index in [1.54, 1.807) is 12.1 Å². The zero-order valence-corrected chi connectivity index (χ0v) is 9.65. The molecule has 0 saturated carbocycles. The van der Waals surface area contributed by atoms with E-state index in [9.17, 15) is 4.79 Å². The zero-order chi connectivity index (χ0) is 11.8. The molecular weight excluding hydrogens is 192 g/mol. The Hall–Kier alpha value is -1.35. The maximum absolute atomic E-state index is 9.44. The fourth-order valence-corrected chi connectivity index (χ4v) is 0.914. The Bertz CT molecular complexity index is 284. The Labute approximate surface area is 90.6 Å². The van der Waals surface area contributed by atoms with Crippen LogP contribution < -0.4 is 4.89 Å². The normalized spacial score (nSPS) is 9.20. The molecule has 0 spiro atoms. The summed E-state index contributed by atoms with van der Waals surface area (Å²) in [5.41, 5.74) is 1.24. The van der Waals surface area contributed by atoms with Gasteiger partial charge in [0.25, 0.3) is 0 Å². The molecule has 0 unspecified atom stereocenters. The first-order valence-electron chi connectivity index (χ1n) is 4.86.